The van der Waals surface area contributed by atoms with Gasteiger partial charge in [-0.3, -0.25) is 0 Å². The quantitative estimate of drug-likeness (QED) is 0.668. The number of amides is 1. The minimum atomic E-state index is -0.993. The highest BCUT2D eigenvalue weighted by atomic mass is 16.6. The molecule has 1 unspecified atom stereocenters. The molecule has 16 heavy (non-hydrogen) atoms. The Morgan fingerprint density at radius 2 is 2.06 bits per heavy atom. The standard InChI is InChI=1S/C10H13NO5/c11-10(14)16-6-7(12)5-15-9-4-2-1-3-8(9)13/h1-4,7,12-13H,5-6H2,(H2,11,14). The van der Waals surface area contributed by atoms with Crippen LogP contribution in [0.5, 0.6) is 11.5 Å². The first kappa shape index (κ1) is 12.1. The summed E-state index contributed by atoms with van der Waals surface area (Å²) in [6.07, 6.45) is -1.95. The number of carbonyl (C=O) groups is 1. The zero-order chi connectivity index (χ0) is 12.0. The largest absolute Gasteiger partial charge is 0.504 e. The highest BCUT2D eigenvalue weighted by molar-refractivity contribution is 5.64. The molecule has 0 bridgehead atoms. The van der Waals surface area contributed by atoms with Gasteiger partial charge in [0.2, 0.25) is 0 Å². The molecule has 88 valence electrons. The van der Waals surface area contributed by atoms with E-state index in [-0.39, 0.29) is 24.7 Å². The minimum Gasteiger partial charge on any atom is -0.504 e. The van der Waals surface area contributed by atoms with E-state index >= 15 is 0 Å². The number of benzene rings is 1. The summed E-state index contributed by atoms with van der Waals surface area (Å²) in [6.45, 7) is -0.353. The maximum absolute atomic E-state index is 10.2. The molecule has 1 aromatic rings. The summed E-state index contributed by atoms with van der Waals surface area (Å²) in [7, 11) is 0. The zero-order valence-electron chi connectivity index (χ0n) is 8.50. The second-order valence-electron chi connectivity index (χ2n) is 3.06. The van der Waals surface area contributed by atoms with Gasteiger partial charge in [0.25, 0.3) is 0 Å². The van der Waals surface area contributed by atoms with Crippen LogP contribution in [0.25, 0.3) is 0 Å². The molecule has 6 heteroatoms. The van der Waals surface area contributed by atoms with Crippen molar-refractivity contribution in [3.05, 3.63) is 24.3 Å². The third kappa shape index (κ3) is 4.05. The number of carbonyl (C=O) groups excluding carboxylic acids is 1. The molecule has 0 aliphatic carbocycles. The van der Waals surface area contributed by atoms with Gasteiger partial charge in [-0.15, -0.1) is 0 Å². The van der Waals surface area contributed by atoms with Gasteiger partial charge in [0.05, 0.1) is 0 Å². The fraction of sp³-hybridized carbons (Fsp3) is 0.300. The summed E-state index contributed by atoms with van der Waals surface area (Å²) in [5.41, 5.74) is 4.72. The van der Waals surface area contributed by atoms with Gasteiger partial charge in [0, 0.05) is 0 Å². The molecule has 1 atom stereocenters. The number of primary amides is 1. The molecule has 0 heterocycles. The van der Waals surface area contributed by atoms with Crippen LogP contribution in [0.3, 0.4) is 0 Å². The number of ether oxygens (including phenoxy) is 2. The number of hydrogen-bond donors (Lipinski definition) is 3. The van der Waals surface area contributed by atoms with E-state index in [4.69, 9.17) is 10.5 Å². The average Bonchev–Trinajstić information content (AvgIpc) is 2.25. The van der Waals surface area contributed by atoms with E-state index in [9.17, 15) is 15.0 Å². The van der Waals surface area contributed by atoms with Crippen LogP contribution in [-0.2, 0) is 4.74 Å². The molecule has 0 aliphatic heterocycles. The molecule has 0 saturated carbocycles. The van der Waals surface area contributed by atoms with Crippen LogP contribution in [0.1, 0.15) is 0 Å². The average molecular weight is 227 g/mol. The molecule has 0 saturated heterocycles. The summed E-state index contributed by atoms with van der Waals surface area (Å²) < 4.78 is 9.47. The van der Waals surface area contributed by atoms with E-state index < -0.39 is 12.2 Å². The van der Waals surface area contributed by atoms with Crippen LogP contribution in [0, 0.1) is 0 Å². The Balaban J connectivity index is 2.34. The highest BCUT2D eigenvalue weighted by Crippen LogP contribution is 2.24. The molecule has 4 N–H and O–H groups in total. The SMILES string of the molecule is NC(=O)OCC(O)COc1ccccc1O. The van der Waals surface area contributed by atoms with E-state index in [1.165, 1.54) is 6.07 Å². The van der Waals surface area contributed by atoms with Crippen molar-refractivity contribution in [3.63, 3.8) is 0 Å². The molecular formula is C10H13NO5. The number of phenolic OH excluding ortho intramolecular Hbond substituents is 1. The van der Waals surface area contributed by atoms with Crippen LogP contribution in [-0.4, -0.2) is 35.6 Å². The number of rotatable bonds is 5. The summed E-state index contributed by atoms with van der Waals surface area (Å²) in [6, 6.07) is 6.34. The molecule has 1 rings (SSSR count). The first-order chi connectivity index (χ1) is 7.59. The maximum Gasteiger partial charge on any atom is 0.404 e. The molecule has 1 aromatic carbocycles. The Morgan fingerprint density at radius 3 is 2.69 bits per heavy atom. The lowest BCUT2D eigenvalue weighted by molar-refractivity contribution is 0.0413. The minimum absolute atomic E-state index is 0.0227. The Labute approximate surface area is 92.2 Å². The number of nitrogens with two attached hydrogens (primary N) is 1. The first-order valence-corrected chi connectivity index (χ1v) is 4.60. The van der Waals surface area contributed by atoms with E-state index in [0.717, 1.165) is 0 Å². The number of aromatic hydroxyl groups is 1. The Bertz CT molecular complexity index is 355. The lowest BCUT2D eigenvalue weighted by Gasteiger charge is -2.12. The molecule has 1 amide bonds. The van der Waals surface area contributed by atoms with Crippen molar-refractivity contribution in [1.29, 1.82) is 0 Å². The van der Waals surface area contributed by atoms with Gasteiger partial charge >= 0.3 is 6.09 Å². The van der Waals surface area contributed by atoms with Gasteiger partial charge in [-0.1, -0.05) is 12.1 Å². The topological polar surface area (TPSA) is 102 Å². The second-order valence-corrected chi connectivity index (χ2v) is 3.06. The second kappa shape index (κ2) is 5.82. The van der Waals surface area contributed by atoms with Crippen molar-refractivity contribution in [2.45, 2.75) is 6.10 Å². The highest BCUT2D eigenvalue weighted by Gasteiger charge is 2.09. The summed E-state index contributed by atoms with van der Waals surface area (Å²) in [5, 5.41) is 18.6. The van der Waals surface area contributed by atoms with E-state index in [1.54, 1.807) is 18.2 Å². The van der Waals surface area contributed by atoms with Crippen LogP contribution >= 0.6 is 0 Å². The van der Waals surface area contributed by atoms with Gasteiger partial charge in [0.15, 0.2) is 11.5 Å². The molecule has 0 radical (unpaired) electrons. The van der Waals surface area contributed by atoms with Crippen molar-refractivity contribution in [1.82, 2.24) is 0 Å². The number of phenols is 1. The summed E-state index contributed by atoms with van der Waals surface area (Å²) in [4.78, 5) is 10.2. The van der Waals surface area contributed by atoms with Crippen LogP contribution < -0.4 is 10.5 Å². The van der Waals surface area contributed by atoms with E-state index in [0.29, 0.717) is 0 Å². The van der Waals surface area contributed by atoms with Crippen molar-refractivity contribution in [3.8, 4) is 11.5 Å². The fourth-order valence-electron chi connectivity index (χ4n) is 0.992. The van der Waals surface area contributed by atoms with Gasteiger partial charge in [0.1, 0.15) is 19.3 Å². The van der Waals surface area contributed by atoms with Crippen molar-refractivity contribution in [2.75, 3.05) is 13.2 Å². The Kier molecular flexibility index (Phi) is 4.41. The van der Waals surface area contributed by atoms with Gasteiger partial charge in [-0.2, -0.15) is 0 Å². The normalized spacial score (nSPS) is 11.8. The Hall–Kier alpha value is -1.95. The zero-order valence-corrected chi connectivity index (χ0v) is 8.50. The number of aliphatic hydroxyl groups is 1. The molecular weight excluding hydrogens is 214 g/mol. The Morgan fingerprint density at radius 1 is 1.38 bits per heavy atom. The first-order valence-electron chi connectivity index (χ1n) is 4.60. The van der Waals surface area contributed by atoms with Gasteiger partial charge in [-0.25, -0.2) is 4.79 Å². The van der Waals surface area contributed by atoms with Crippen LogP contribution in [0.15, 0.2) is 24.3 Å². The van der Waals surface area contributed by atoms with Gasteiger partial charge in [-0.05, 0) is 12.1 Å². The number of para-hydroxylation sites is 2. The predicted octanol–water partition coefficient (Wildman–Crippen LogP) is 0.227. The van der Waals surface area contributed by atoms with Crippen molar-refractivity contribution in [2.24, 2.45) is 5.73 Å². The van der Waals surface area contributed by atoms with Crippen LogP contribution in [0.4, 0.5) is 4.79 Å². The van der Waals surface area contributed by atoms with Crippen LogP contribution in [0.2, 0.25) is 0 Å². The maximum atomic E-state index is 10.2. The third-order valence-electron chi connectivity index (χ3n) is 1.71. The molecule has 0 aromatic heterocycles. The van der Waals surface area contributed by atoms with Crippen molar-refractivity contribution >= 4 is 6.09 Å². The summed E-state index contributed by atoms with van der Waals surface area (Å²) >= 11 is 0. The molecule has 6 nitrogen and oxygen atoms in total. The lowest BCUT2D eigenvalue weighted by atomic mass is 10.3. The third-order valence-corrected chi connectivity index (χ3v) is 1.71. The number of aliphatic hydroxyl groups excluding tert-OH is 1. The van der Waals surface area contributed by atoms with Gasteiger partial charge < -0.3 is 25.4 Å². The monoisotopic (exact) mass is 227 g/mol. The smallest absolute Gasteiger partial charge is 0.404 e. The van der Waals surface area contributed by atoms with E-state index in [1.807, 2.05) is 0 Å². The fourth-order valence-corrected chi connectivity index (χ4v) is 0.992. The predicted molar refractivity (Wildman–Crippen MR) is 55.1 cm³/mol. The molecule has 0 aliphatic rings. The summed E-state index contributed by atoms with van der Waals surface area (Å²) in [5.74, 6) is 0.228. The van der Waals surface area contributed by atoms with Crippen molar-refractivity contribution < 1.29 is 24.5 Å². The lowest BCUT2D eigenvalue weighted by Crippen LogP contribution is -2.27. The molecule has 0 spiro atoms. The van der Waals surface area contributed by atoms with E-state index in [2.05, 4.69) is 4.74 Å². The molecule has 0 fully saturated rings. The number of hydrogen-bond acceptors (Lipinski definition) is 5.